The first-order valence-corrected chi connectivity index (χ1v) is 5.66. The van der Waals surface area contributed by atoms with E-state index in [4.69, 9.17) is 0 Å². The predicted molar refractivity (Wildman–Crippen MR) is 67.7 cm³/mol. The second-order valence-electron chi connectivity index (χ2n) is 4.31. The van der Waals surface area contributed by atoms with Crippen molar-refractivity contribution in [3.63, 3.8) is 0 Å². The maximum Gasteiger partial charge on any atom is 0.0375 e. The van der Waals surface area contributed by atoms with Crippen molar-refractivity contribution in [1.82, 2.24) is 4.98 Å². The highest BCUT2D eigenvalue weighted by Gasteiger charge is 2.10. The van der Waals surface area contributed by atoms with Crippen LogP contribution in [0.5, 0.6) is 0 Å². The van der Waals surface area contributed by atoms with Crippen LogP contribution in [-0.4, -0.2) is 4.98 Å². The molecule has 0 N–H and O–H groups in total. The molecular weight excluding hydrogens is 194 g/mol. The van der Waals surface area contributed by atoms with Gasteiger partial charge in [0.15, 0.2) is 0 Å². The highest BCUT2D eigenvalue weighted by Crippen LogP contribution is 2.26. The van der Waals surface area contributed by atoms with E-state index in [1.165, 1.54) is 16.7 Å². The lowest BCUT2D eigenvalue weighted by Crippen LogP contribution is -2.00. The fourth-order valence-corrected chi connectivity index (χ4v) is 2.04. The van der Waals surface area contributed by atoms with Gasteiger partial charge in [-0.3, -0.25) is 4.98 Å². The van der Waals surface area contributed by atoms with Gasteiger partial charge < -0.3 is 0 Å². The first-order valence-electron chi connectivity index (χ1n) is 5.66. The van der Waals surface area contributed by atoms with E-state index in [9.17, 15) is 0 Å². The molecule has 1 heteroatoms. The molecule has 16 heavy (non-hydrogen) atoms. The van der Waals surface area contributed by atoms with Gasteiger partial charge in [0.2, 0.25) is 0 Å². The van der Waals surface area contributed by atoms with Crippen LogP contribution >= 0.6 is 0 Å². The van der Waals surface area contributed by atoms with Crippen LogP contribution in [0.4, 0.5) is 0 Å². The van der Waals surface area contributed by atoms with Crippen molar-refractivity contribution >= 4 is 0 Å². The van der Waals surface area contributed by atoms with Crippen molar-refractivity contribution in [3.8, 4) is 0 Å². The summed E-state index contributed by atoms with van der Waals surface area (Å²) in [6.07, 6.45) is 1.96. The normalized spacial score (nSPS) is 12.4. The molecular formula is C15H17N. The second kappa shape index (κ2) is 4.48. The third-order valence-corrected chi connectivity index (χ3v) is 3.05. The van der Waals surface area contributed by atoms with Crippen LogP contribution in [0.1, 0.15) is 35.2 Å². The quantitative estimate of drug-likeness (QED) is 0.735. The lowest BCUT2D eigenvalue weighted by atomic mass is 9.91. The molecule has 0 amide bonds. The van der Waals surface area contributed by atoms with Gasteiger partial charge in [-0.25, -0.2) is 0 Å². The van der Waals surface area contributed by atoms with E-state index in [-0.39, 0.29) is 0 Å². The Morgan fingerprint density at radius 1 is 1.06 bits per heavy atom. The molecule has 0 fully saturated rings. The fraction of sp³-hybridized carbons (Fsp3) is 0.267. The highest BCUT2D eigenvalue weighted by molar-refractivity contribution is 5.36. The summed E-state index contributed by atoms with van der Waals surface area (Å²) in [6.45, 7) is 6.42. The molecule has 1 atom stereocenters. The van der Waals surface area contributed by atoms with Crippen molar-refractivity contribution in [3.05, 3.63) is 65.0 Å². The van der Waals surface area contributed by atoms with E-state index in [0.29, 0.717) is 5.92 Å². The van der Waals surface area contributed by atoms with Gasteiger partial charge >= 0.3 is 0 Å². The third-order valence-electron chi connectivity index (χ3n) is 3.05. The fourth-order valence-electron chi connectivity index (χ4n) is 2.04. The molecule has 0 radical (unpaired) electrons. The molecule has 1 unspecified atom stereocenters. The van der Waals surface area contributed by atoms with Crippen LogP contribution in [0, 0.1) is 13.8 Å². The topological polar surface area (TPSA) is 12.9 Å². The number of rotatable bonds is 2. The number of hydrogen-bond donors (Lipinski definition) is 0. The second-order valence-corrected chi connectivity index (χ2v) is 4.31. The first kappa shape index (κ1) is 10.9. The van der Waals surface area contributed by atoms with Gasteiger partial charge in [-0.05, 0) is 36.6 Å². The monoisotopic (exact) mass is 211 g/mol. The Bertz CT molecular complexity index is 474. The highest BCUT2D eigenvalue weighted by atomic mass is 14.7. The maximum absolute atomic E-state index is 4.32. The van der Waals surface area contributed by atoms with Crippen molar-refractivity contribution in [2.24, 2.45) is 0 Å². The number of aryl methyl sites for hydroxylation is 2. The van der Waals surface area contributed by atoms with Crippen LogP contribution in [0.2, 0.25) is 0 Å². The summed E-state index contributed by atoms with van der Waals surface area (Å²) in [5.41, 5.74) is 5.08. The predicted octanol–water partition coefficient (Wildman–Crippen LogP) is 3.85. The SMILES string of the molecule is Cc1cc(C(C)c2ccccc2)c(C)cn1. The Labute approximate surface area is 97.2 Å². The molecule has 0 saturated carbocycles. The summed E-state index contributed by atoms with van der Waals surface area (Å²) < 4.78 is 0. The molecule has 1 nitrogen and oxygen atoms in total. The molecule has 0 bridgehead atoms. The Morgan fingerprint density at radius 2 is 1.75 bits per heavy atom. The van der Waals surface area contributed by atoms with Crippen LogP contribution in [0.15, 0.2) is 42.6 Å². The largest absolute Gasteiger partial charge is 0.261 e. The number of hydrogen-bond acceptors (Lipinski definition) is 1. The van der Waals surface area contributed by atoms with Crippen molar-refractivity contribution < 1.29 is 0 Å². The van der Waals surface area contributed by atoms with Gasteiger partial charge in [-0.2, -0.15) is 0 Å². The molecule has 1 aromatic heterocycles. The van der Waals surface area contributed by atoms with Crippen molar-refractivity contribution in [1.29, 1.82) is 0 Å². The van der Waals surface area contributed by atoms with Gasteiger partial charge in [0.1, 0.15) is 0 Å². The van der Waals surface area contributed by atoms with Gasteiger partial charge in [0, 0.05) is 17.8 Å². The minimum atomic E-state index is 0.433. The standard InChI is InChI=1S/C15H17N/c1-11-10-16-12(2)9-15(11)13(3)14-7-5-4-6-8-14/h4-10,13H,1-3H3. The molecule has 0 aliphatic carbocycles. The maximum atomic E-state index is 4.32. The van der Waals surface area contributed by atoms with Crippen LogP contribution < -0.4 is 0 Å². The lowest BCUT2D eigenvalue weighted by Gasteiger charge is -2.15. The molecule has 1 heterocycles. The lowest BCUT2D eigenvalue weighted by molar-refractivity contribution is 0.898. The van der Waals surface area contributed by atoms with Gasteiger partial charge in [-0.15, -0.1) is 0 Å². The summed E-state index contributed by atoms with van der Waals surface area (Å²) >= 11 is 0. The van der Waals surface area contributed by atoms with Gasteiger partial charge in [-0.1, -0.05) is 37.3 Å². The zero-order valence-corrected chi connectivity index (χ0v) is 10.1. The van der Waals surface area contributed by atoms with Crippen LogP contribution in [-0.2, 0) is 0 Å². The third kappa shape index (κ3) is 2.13. The average Bonchev–Trinajstić information content (AvgIpc) is 2.32. The summed E-state index contributed by atoms with van der Waals surface area (Å²) in [4.78, 5) is 4.32. The molecule has 1 aromatic carbocycles. The smallest absolute Gasteiger partial charge is 0.0375 e. The Balaban J connectivity index is 2.41. The van der Waals surface area contributed by atoms with E-state index < -0.39 is 0 Å². The van der Waals surface area contributed by atoms with Crippen LogP contribution in [0.3, 0.4) is 0 Å². The number of pyridine rings is 1. The number of benzene rings is 1. The molecule has 0 aliphatic heterocycles. The minimum absolute atomic E-state index is 0.433. The molecule has 2 rings (SSSR count). The van der Waals surface area contributed by atoms with E-state index in [2.05, 4.69) is 55.2 Å². The zero-order valence-electron chi connectivity index (χ0n) is 10.1. The Morgan fingerprint density at radius 3 is 2.44 bits per heavy atom. The molecule has 0 spiro atoms. The van der Waals surface area contributed by atoms with E-state index in [1.807, 2.05) is 13.1 Å². The summed E-state index contributed by atoms with van der Waals surface area (Å²) in [5.74, 6) is 0.433. The number of nitrogens with zero attached hydrogens (tertiary/aromatic N) is 1. The summed E-state index contributed by atoms with van der Waals surface area (Å²) in [6, 6.07) is 12.8. The summed E-state index contributed by atoms with van der Waals surface area (Å²) in [7, 11) is 0. The van der Waals surface area contributed by atoms with Crippen LogP contribution in [0.25, 0.3) is 0 Å². The zero-order chi connectivity index (χ0) is 11.5. The molecule has 2 aromatic rings. The minimum Gasteiger partial charge on any atom is -0.261 e. The molecule has 0 aliphatic rings. The summed E-state index contributed by atoms with van der Waals surface area (Å²) in [5, 5.41) is 0. The first-order chi connectivity index (χ1) is 7.68. The Kier molecular flexibility index (Phi) is 3.04. The van der Waals surface area contributed by atoms with Gasteiger partial charge in [0.05, 0.1) is 0 Å². The Hall–Kier alpha value is -1.63. The number of aromatic nitrogens is 1. The van der Waals surface area contributed by atoms with E-state index in [0.717, 1.165) is 5.69 Å². The van der Waals surface area contributed by atoms with Gasteiger partial charge in [0.25, 0.3) is 0 Å². The average molecular weight is 211 g/mol. The van der Waals surface area contributed by atoms with E-state index >= 15 is 0 Å². The van der Waals surface area contributed by atoms with E-state index in [1.54, 1.807) is 0 Å². The van der Waals surface area contributed by atoms with Crippen molar-refractivity contribution in [2.75, 3.05) is 0 Å². The van der Waals surface area contributed by atoms with Crippen molar-refractivity contribution in [2.45, 2.75) is 26.7 Å². The molecule has 0 saturated heterocycles. The molecule has 82 valence electrons.